The molecule has 2 aromatic carbocycles. The van der Waals surface area contributed by atoms with Crippen molar-refractivity contribution in [1.29, 1.82) is 0 Å². The molecule has 0 bridgehead atoms. The summed E-state index contributed by atoms with van der Waals surface area (Å²) < 4.78 is 5.45. The van der Waals surface area contributed by atoms with Gasteiger partial charge in [-0.2, -0.15) is 0 Å². The molecule has 0 aliphatic heterocycles. The SMILES string of the molecule is CCCN(CCC)C(=O)c1cc(C(N)=O)cc(C(=O)N[C@@H](Cc2ccco2)[C@H](O)CNCc2ccccc2)c1. The van der Waals surface area contributed by atoms with Gasteiger partial charge in [0.15, 0.2) is 0 Å². The second-order valence-corrected chi connectivity index (χ2v) is 9.50. The van der Waals surface area contributed by atoms with Crippen molar-refractivity contribution in [1.82, 2.24) is 15.5 Å². The van der Waals surface area contributed by atoms with Crippen LogP contribution in [0.3, 0.4) is 0 Å². The molecular formula is C30H38N4O5. The van der Waals surface area contributed by atoms with Crippen LogP contribution in [0.5, 0.6) is 0 Å². The number of carbonyl (C=O) groups is 3. The lowest BCUT2D eigenvalue weighted by molar-refractivity contribution is 0.0755. The molecule has 0 fully saturated rings. The molecule has 5 N–H and O–H groups in total. The summed E-state index contributed by atoms with van der Waals surface area (Å²) in [6, 6.07) is 16.8. The first-order valence-corrected chi connectivity index (χ1v) is 13.3. The molecule has 2 atom stereocenters. The highest BCUT2D eigenvalue weighted by Gasteiger charge is 2.25. The van der Waals surface area contributed by atoms with Crippen LogP contribution in [0.1, 0.15) is 69.1 Å². The minimum Gasteiger partial charge on any atom is -0.469 e. The van der Waals surface area contributed by atoms with Crippen molar-refractivity contribution in [2.45, 2.75) is 51.8 Å². The summed E-state index contributed by atoms with van der Waals surface area (Å²) in [7, 11) is 0. The van der Waals surface area contributed by atoms with Crippen molar-refractivity contribution in [3.05, 3.63) is 94.9 Å². The number of furan rings is 1. The summed E-state index contributed by atoms with van der Waals surface area (Å²) in [6.07, 6.45) is 2.38. The molecule has 3 amide bonds. The Morgan fingerprint density at radius 2 is 1.62 bits per heavy atom. The predicted octanol–water partition coefficient (Wildman–Crippen LogP) is 3.13. The van der Waals surface area contributed by atoms with Crippen LogP contribution in [-0.2, 0) is 13.0 Å². The van der Waals surface area contributed by atoms with Gasteiger partial charge >= 0.3 is 0 Å². The van der Waals surface area contributed by atoms with Crippen molar-refractivity contribution in [3.63, 3.8) is 0 Å². The second kappa shape index (κ2) is 14.8. The number of nitrogens with two attached hydrogens (primary N) is 1. The van der Waals surface area contributed by atoms with Crippen LogP contribution in [-0.4, -0.2) is 59.5 Å². The van der Waals surface area contributed by atoms with Gasteiger partial charge in [0, 0.05) is 49.3 Å². The van der Waals surface area contributed by atoms with E-state index in [1.165, 1.54) is 24.5 Å². The Labute approximate surface area is 229 Å². The molecule has 208 valence electrons. The molecule has 0 unspecified atom stereocenters. The fourth-order valence-electron chi connectivity index (χ4n) is 4.34. The summed E-state index contributed by atoms with van der Waals surface area (Å²) >= 11 is 0. The largest absolute Gasteiger partial charge is 0.469 e. The number of aliphatic hydroxyl groups excluding tert-OH is 1. The standard InChI is InChI=1S/C30H38N4O5/c1-3-12-34(13-4-2)30(38)24-16-22(28(31)36)15-23(17-24)29(37)33-26(18-25-11-8-14-39-25)27(35)20-32-19-21-9-6-5-7-10-21/h5-11,14-17,26-27,32,35H,3-4,12-13,18-20H2,1-2H3,(H2,31,36)(H,33,37)/t26-,27+/m0/s1. The van der Waals surface area contributed by atoms with Crippen molar-refractivity contribution in [3.8, 4) is 0 Å². The zero-order valence-electron chi connectivity index (χ0n) is 22.6. The number of aliphatic hydroxyl groups is 1. The third-order valence-corrected chi connectivity index (χ3v) is 6.31. The summed E-state index contributed by atoms with van der Waals surface area (Å²) in [5.41, 5.74) is 6.98. The number of nitrogens with zero attached hydrogens (tertiary/aromatic N) is 1. The van der Waals surface area contributed by atoms with Gasteiger partial charge in [-0.15, -0.1) is 0 Å². The Morgan fingerprint density at radius 3 is 2.23 bits per heavy atom. The average Bonchev–Trinajstić information content (AvgIpc) is 3.45. The molecule has 3 rings (SSSR count). The second-order valence-electron chi connectivity index (χ2n) is 9.50. The maximum atomic E-state index is 13.4. The van der Waals surface area contributed by atoms with Crippen molar-refractivity contribution < 1.29 is 23.9 Å². The number of amides is 3. The molecule has 1 heterocycles. The molecule has 39 heavy (non-hydrogen) atoms. The lowest BCUT2D eigenvalue weighted by Crippen LogP contribution is -2.48. The van der Waals surface area contributed by atoms with Gasteiger partial charge < -0.3 is 30.8 Å². The van der Waals surface area contributed by atoms with E-state index < -0.39 is 24.0 Å². The van der Waals surface area contributed by atoms with E-state index >= 15 is 0 Å². The van der Waals surface area contributed by atoms with Gasteiger partial charge in [0.05, 0.1) is 18.4 Å². The van der Waals surface area contributed by atoms with Gasteiger partial charge in [-0.05, 0) is 48.7 Å². The Balaban J connectivity index is 1.80. The van der Waals surface area contributed by atoms with Crippen LogP contribution in [0.25, 0.3) is 0 Å². The molecule has 0 aliphatic carbocycles. The summed E-state index contributed by atoms with van der Waals surface area (Å²) in [6.45, 7) is 5.85. The van der Waals surface area contributed by atoms with Gasteiger partial charge in [0.2, 0.25) is 5.91 Å². The van der Waals surface area contributed by atoms with E-state index in [0.717, 1.165) is 18.4 Å². The van der Waals surface area contributed by atoms with E-state index in [0.29, 0.717) is 25.4 Å². The number of hydrogen-bond donors (Lipinski definition) is 4. The summed E-state index contributed by atoms with van der Waals surface area (Å²) in [5.74, 6) is -0.955. The van der Waals surface area contributed by atoms with Gasteiger partial charge in [-0.3, -0.25) is 14.4 Å². The van der Waals surface area contributed by atoms with Crippen molar-refractivity contribution in [2.75, 3.05) is 19.6 Å². The van der Waals surface area contributed by atoms with Crippen LogP contribution in [0.4, 0.5) is 0 Å². The van der Waals surface area contributed by atoms with E-state index in [1.54, 1.807) is 17.0 Å². The highest BCUT2D eigenvalue weighted by Crippen LogP contribution is 2.15. The topological polar surface area (TPSA) is 138 Å². The average molecular weight is 535 g/mol. The third-order valence-electron chi connectivity index (χ3n) is 6.31. The molecule has 0 saturated carbocycles. The lowest BCUT2D eigenvalue weighted by atomic mass is 10.0. The Hall–Kier alpha value is -3.95. The van der Waals surface area contributed by atoms with Gasteiger partial charge in [0.25, 0.3) is 11.8 Å². The van der Waals surface area contributed by atoms with Gasteiger partial charge in [-0.1, -0.05) is 44.2 Å². The number of hydrogen-bond acceptors (Lipinski definition) is 6. The first-order chi connectivity index (χ1) is 18.8. The molecular weight excluding hydrogens is 496 g/mol. The van der Waals surface area contributed by atoms with Crippen LogP contribution in [0.2, 0.25) is 0 Å². The summed E-state index contributed by atoms with van der Waals surface area (Å²) in [4.78, 5) is 40.4. The van der Waals surface area contributed by atoms with Crippen molar-refractivity contribution in [2.24, 2.45) is 5.73 Å². The molecule has 0 saturated heterocycles. The molecule has 3 aromatic rings. The Morgan fingerprint density at radius 1 is 0.949 bits per heavy atom. The molecule has 9 nitrogen and oxygen atoms in total. The number of benzene rings is 2. The molecule has 0 aliphatic rings. The maximum Gasteiger partial charge on any atom is 0.253 e. The summed E-state index contributed by atoms with van der Waals surface area (Å²) in [5, 5.41) is 17.1. The maximum absolute atomic E-state index is 13.4. The van der Waals surface area contributed by atoms with Gasteiger partial charge in [-0.25, -0.2) is 0 Å². The van der Waals surface area contributed by atoms with E-state index in [9.17, 15) is 19.5 Å². The van der Waals surface area contributed by atoms with Crippen LogP contribution < -0.4 is 16.4 Å². The smallest absolute Gasteiger partial charge is 0.253 e. The number of primary amides is 1. The highest BCUT2D eigenvalue weighted by molar-refractivity contribution is 6.04. The predicted molar refractivity (Wildman–Crippen MR) is 149 cm³/mol. The zero-order valence-corrected chi connectivity index (χ0v) is 22.6. The monoisotopic (exact) mass is 534 g/mol. The quantitative estimate of drug-likeness (QED) is 0.236. The molecule has 0 spiro atoms. The zero-order chi connectivity index (χ0) is 28.2. The Kier molecular flexibility index (Phi) is 11.3. The van der Waals surface area contributed by atoms with Crippen LogP contribution in [0, 0.1) is 0 Å². The highest BCUT2D eigenvalue weighted by atomic mass is 16.3. The molecule has 9 heteroatoms. The number of rotatable bonds is 15. The third kappa shape index (κ3) is 8.80. The van der Waals surface area contributed by atoms with Gasteiger partial charge in [0.1, 0.15) is 5.76 Å². The van der Waals surface area contributed by atoms with Crippen LogP contribution >= 0.6 is 0 Å². The first-order valence-electron chi connectivity index (χ1n) is 13.3. The van der Waals surface area contributed by atoms with Crippen molar-refractivity contribution >= 4 is 17.7 Å². The molecule has 1 aromatic heterocycles. The van der Waals surface area contributed by atoms with E-state index in [2.05, 4.69) is 10.6 Å². The fraction of sp³-hybridized carbons (Fsp3) is 0.367. The number of carbonyl (C=O) groups excluding carboxylic acids is 3. The number of nitrogens with one attached hydrogen (secondary N) is 2. The van der Waals surface area contributed by atoms with Crippen LogP contribution in [0.15, 0.2) is 71.3 Å². The minimum atomic E-state index is -0.951. The van der Waals surface area contributed by atoms with E-state index in [1.807, 2.05) is 44.2 Å². The Bertz CT molecular complexity index is 1210. The minimum absolute atomic E-state index is 0.0617. The first kappa shape index (κ1) is 29.6. The molecule has 0 radical (unpaired) electrons. The normalized spacial score (nSPS) is 12.5. The lowest BCUT2D eigenvalue weighted by Gasteiger charge is -2.25. The van der Waals surface area contributed by atoms with E-state index in [4.69, 9.17) is 10.2 Å². The fourth-order valence-corrected chi connectivity index (χ4v) is 4.34. The van der Waals surface area contributed by atoms with E-state index in [-0.39, 0.29) is 35.6 Å².